The first-order chi connectivity index (χ1) is 18.4. The fraction of sp³-hybridized carbons (Fsp3) is 0.129. The van der Waals surface area contributed by atoms with Gasteiger partial charge in [0.1, 0.15) is 18.1 Å². The van der Waals surface area contributed by atoms with Gasteiger partial charge in [0.25, 0.3) is 11.7 Å². The maximum absolute atomic E-state index is 13.2. The summed E-state index contributed by atoms with van der Waals surface area (Å²) in [5.41, 5.74) is 4.07. The summed E-state index contributed by atoms with van der Waals surface area (Å²) in [6, 6.07) is 24.6. The molecule has 0 radical (unpaired) electrons. The summed E-state index contributed by atoms with van der Waals surface area (Å²) in [6.07, 6.45) is 3.29. The van der Waals surface area contributed by atoms with E-state index in [4.69, 9.17) is 16.3 Å². The van der Waals surface area contributed by atoms with Gasteiger partial charge in [-0.3, -0.25) is 14.6 Å². The number of hydrogen-bond donors (Lipinski definition) is 1. The lowest BCUT2D eigenvalue weighted by Gasteiger charge is -2.25. The number of amides is 1. The molecule has 38 heavy (non-hydrogen) atoms. The van der Waals surface area contributed by atoms with Crippen molar-refractivity contribution in [3.05, 3.63) is 136 Å². The second-order valence-electron chi connectivity index (χ2n) is 9.14. The lowest BCUT2D eigenvalue weighted by Crippen LogP contribution is -2.29. The summed E-state index contributed by atoms with van der Waals surface area (Å²) >= 11 is 6.09. The molecule has 1 N–H and O–H groups in total. The third kappa shape index (κ3) is 5.31. The number of likely N-dealkylation sites (tertiary alicyclic amines) is 1. The number of carbonyl (C=O) groups is 2. The number of benzene rings is 3. The van der Waals surface area contributed by atoms with E-state index < -0.39 is 17.7 Å². The second kappa shape index (κ2) is 10.9. The number of ether oxygens (including phenoxy) is 1. The highest BCUT2D eigenvalue weighted by Gasteiger charge is 2.46. The molecule has 0 saturated carbocycles. The van der Waals surface area contributed by atoms with Crippen LogP contribution in [0.15, 0.2) is 103 Å². The van der Waals surface area contributed by atoms with Crippen LogP contribution in [0.2, 0.25) is 5.02 Å². The first kappa shape index (κ1) is 25.2. The molecule has 0 spiro atoms. The fourth-order valence-corrected chi connectivity index (χ4v) is 4.68. The minimum atomic E-state index is -0.787. The van der Waals surface area contributed by atoms with Crippen molar-refractivity contribution in [2.24, 2.45) is 0 Å². The van der Waals surface area contributed by atoms with Crippen LogP contribution in [0, 0.1) is 6.92 Å². The molecule has 3 aromatic carbocycles. The van der Waals surface area contributed by atoms with Crippen LogP contribution < -0.4 is 4.74 Å². The Hall–Kier alpha value is -4.42. The number of carbonyl (C=O) groups excluding carboxylic acids is 2. The number of hydrogen-bond acceptors (Lipinski definition) is 5. The standard InChI is InChI=1S/C31H25ClN2O4/c1-20-4-2-5-21(16-20)19-38-26-13-9-24(10-14-26)29(35)27-28(23-7-11-25(32)12-8-23)34(31(37)30(27)36)18-22-6-3-15-33-17-22/h2-17,28,35H,18-19H2,1H3/t28-/m1/s1. The normalized spacial score (nSPS) is 16.6. The smallest absolute Gasteiger partial charge is 0.295 e. The lowest BCUT2D eigenvalue weighted by atomic mass is 9.95. The van der Waals surface area contributed by atoms with Crippen molar-refractivity contribution in [1.82, 2.24) is 9.88 Å². The number of ketones is 1. The van der Waals surface area contributed by atoms with Crippen LogP contribution in [0.25, 0.3) is 5.76 Å². The highest BCUT2D eigenvalue weighted by molar-refractivity contribution is 6.46. The average Bonchev–Trinajstić information content (AvgIpc) is 3.18. The molecule has 0 bridgehead atoms. The van der Waals surface area contributed by atoms with Gasteiger partial charge in [-0.2, -0.15) is 0 Å². The van der Waals surface area contributed by atoms with E-state index in [9.17, 15) is 14.7 Å². The molecular weight excluding hydrogens is 500 g/mol. The molecule has 4 aromatic rings. The highest BCUT2D eigenvalue weighted by atomic mass is 35.5. The number of aromatic nitrogens is 1. The predicted octanol–water partition coefficient (Wildman–Crippen LogP) is 6.24. The van der Waals surface area contributed by atoms with Crippen LogP contribution in [0.5, 0.6) is 5.75 Å². The third-order valence-corrected chi connectivity index (χ3v) is 6.67. The number of Topliss-reactive ketones (excluding diaryl/α,β-unsaturated/α-hetero) is 1. The van der Waals surface area contributed by atoms with Gasteiger partial charge in [-0.1, -0.05) is 59.6 Å². The number of aliphatic hydroxyl groups is 1. The zero-order chi connectivity index (χ0) is 26.6. The van der Waals surface area contributed by atoms with Crippen molar-refractivity contribution in [3.8, 4) is 5.75 Å². The van der Waals surface area contributed by atoms with Gasteiger partial charge in [-0.15, -0.1) is 0 Å². The van der Waals surface area contributed by atoms with E-state index in [1.54, 1.807) is 67.0 Å². The molecule has 6 nitrogen and oxygen atoms in total. The van der Waals surface area contributed by atoms with E-state index >= 15 is 0 Å². The SMILES string of the molecule is Cc1cccc(COc2ccc(C(O)=C3C(=O)C(=O)N(Cc4cccnc4)[C@@H]3c3ccc(Cl)cc3)cc2)c1. The number of nitrogens with zero attached hydrogens (tertiary/aromatic N) is 2. The van der Waals surface area contributed by atoms with Gasteiger partial charge in [0, 0.05) is 29.5 Å². The maximum Gasteiger partial charge on any atom is 0.295 e. The van der Waals surface area contributed by atoms with Gasteiger partial charge in [0.15, 0.2) is 0 Å². The molecule has 1 saturated heterocycles. The Morgan fingerprint density at radius 2 is 1.71 bits per heavy atom. The van der Waals surface area contributed by atoms with Crippen LogP contribution in [0.3, 0.4) is 0 Å². The van der Waals surface area contributed by atoms with Gasteiger partial charge in [0.05, 0.1) is 11.6 Å². The molecule has 1 aliphatic heterocycles. The zero-order valence-electron chi connectivity index (χ0n) is 20.7. The van der Waals surface area contributed by atoms with Gasteiger partial charge in [-0.05, 0) is 66.1 Å². The van der Waals surface area contributed by atoms with E-state index in [1.165, 1.54) is 4.90 Å². The summed E-state index contributed by atoms with van der Waals surface area (Å²) in [4.78, 5) is 32.0. The Kier molecular flexibility index (Phi) is 7.24. The largest absolute Gasteiger partial charge is 0.507 e. The lowest BCUT2D eigenvalue weighted by molar-refractivity contribution is -0.140. The number of aryl methyl sites for hydroxylation is 1. The Labute approximate surface area is 225 Å². The van der Waals surface area contributed by atoms with E-state index in [-0.39, 0.29) is 17.9 Å². The minimum absolute atomic E-state index is 0.0228. The summed E-state index contributed by atoms with van der Waals surface area (Å²) in [5, 5.41) is 11.8. The number of aliphatic hydroxyl groups excluding tert-OH is 1. The molecule has 0 aliphatic carbocycles. The first-order valence-corrected chi connectivity index (χ1v) is 12.5. The molecule has 1 amide bonds. The Bertz CT molecular complexity index is 1500. The third-order valence-electron chi connectivity index (χ3n) is 6.42. The zero-order valence-corrected chi connectivity index (χ0v) is 21.4. The molecule has 190 valence electrons. The number of pyridine rings is 1. The molecule has 2 heterocycles. The van der Waals surface area contributed by atoms with Crippen molar-refractivity contribution < 1.29 is 19.4 Å². The summed E-state index contributed by atoms with van der Waals surface area (Å²) in [5.74, 6) is -1.06. The molecule has 1 atom stereocenters. The van der Waals surface area contributed by atoms with Crippen molar-refractivity contribution >= 4 is 29.1 Å². The topological polar surface area (TPSA) is 79.7 Å². The quantitative estimate of drug-likeness (QED) is 0.176. The van der Waals surface area contributed by atoms with E-state index in [0.717, 1.165) is 16.7 Å². The number of rotatable bonds is 7. The van der Waals surface area contributed by atoms with Crippen molar-refractivity contribution in [1.29, 1.82) is 0 Å². The van der Waals surface area contributed by atoms with E-state index in [1.807, 2.05) is 31.2 Å². The minimum Gasteiger partial charge on any atom is -0.507 e. The van der Waals surface area contributed by atoms with Crippen molar-refractivity contribution in [2.75, 3.05) is 0 Å². The number of halogens is 1. The summed E-state index contributed by atoms with van der Waals surface area (Å²) < 4.78 is 5.89. The first-order valence-electron chi connectivity index (χ1n) is 12.1. The molecule has 1 fully saturated rings. The Balaban J connectivity index is 1.47. The Morgan fingerprint density at radius 3 is 2.39 bits per heavy atom. The molecular formula is C31H25ClN2O4. The van der Waals surface area contributed by atoms with Gasteiger partial charge >= 0.3 is 0 Å². The van der Waals surface area contributed by atoms with Crippen molar-refractivity contribution in [2.45, 2.75) is 26.1 Å². The van der Waals surface area contributed by atoms with Crippen LogP contribution in [0.1, 0.15) is 33.9 Å². The average molecular weight is 525 g/mol. The molecule has 0 unspecified atom stereocenters. The maximum atomic E-state index is 13.2. The molecule has 7 heteroatoms. The monoisotopic (exact) mass is 524 g/mol. The summed E-state index contributed by atoms with van der Waals surface area (Å²) in [6.45, 7) is 2.59. The van der Waals surface area contributed by atoms with Gasteiger partial charge in [0.2, 0.25) is 0 Å². The van der Waals surface area contributed by atoms with Gasteiger partial charge < -0.3 is 14.7 Å². The molecule has 1 aliphatic rings. The van der Waals surface area contributed by atoms with Crippen LogP contribution in [0.4, 0.5) is 0 Å². The van der Waals surface area contributed by atoms with E-state index in [0.29, 0.717) is 28.5 Å². The fourth-order valence-electron chi connectivity index (χ4n) is 4.56. The second-order valence-corrected chi connectivity index (χ2v) is 9.58. The van der Waals surface area contributed by atoms with Crippen LogP contribution in [-0.2, 0) is 22.7 Å². The van der Waals surface area contributed by atoms with Crippen molar-refractivity contribution in [3.63, 3.8) is 0 Å². The summed E-state index contributed by atoms with van der Waals surface area (Å²) in [7, 11) is 0. The molecule has 5 rings (SSSR count). The molecule has 1 aromatic heterocycles. The van der Waals surface area contributed by atoms with E-state index in [2.05, 4.69) is 11.1 Å². The predicted molar refractivity (Wildman–Crippen MR) is 145 cm³/mol. The van der Waals surface area contributed by atoms with Crippen LogP contribution in [-0.4, -0.2) is 26.7 Å². The van der Waals surface area contributed by atoms with Gasteiger partial charge in [-0.25, -0.2) is 0 Å². The highest BCUT2D eigenvalue weighted by Crippen LogP contribution is 2.40. The Morgan fingerprint density at radius 1 is 0.974 bits per heavy atom. The van der Waals surface area contributed by atoms with Crippen LogP contribution >= 0.6 is 11.6 Å².